The second kappa shape index (κ2) is 7.48. The number of ether oxygens (including phenoxy) is 1. The summed E-state index contributed by atoms with van der Waals surface area (Å²) in [7, 11) is 1.34. The molecule has 0 fully saturated rings. The normalized spacial score (nSPS) is 11.8. The van der Waals surface area contributed by atoms with Crippen molar-refractivity contribution >= 4 is 11.9 Å². The maximum Gasteiger partial charge on any atom is 0.310 e. The minimum Gasteiger partial charge on any atom is -0.469 e. The quantitative estimate of drug-likeness (QED) is 0.736. The topological polar surface area (TPSA) is 90.2 Å². The average molecular weight is 317 g/mol. The lowest BCUT2D eigenvalue weighted by Crippen LogP contribution is -2.37. The van der Waals surface area contributed by atoms with Gasteiger partial charge in [-0.15, -0.1) is 5.10 Å². The van der Waals surface area contributed by atoms with Crippen LogP contribution in [0.2, 0.25) is 0 Å². The predicted molar refractivity (Wildman–Crippen MR) is 81.9 cm³/mol. The molecule has 0 spiro atoms. The minimum atomic E-state index is -0.383. The number of nitrogens with zero attached hydrogens (tertiary/aromatic N) is 5. The molecule has 1 amide bonds. The lowest BCUT2D eigenvalue weighted by Gasteiger charge is -2.23. The molecule has 0 unspecified atom stereocenters. The molecule has 0 saturated heterocycles. The fraction of sp³-hybridized carbons (Fsp3) is 0.400. The Balaban J connectivity index is 2.18. The Hall–Kier alpha value is -2.77. The van der Waals surface area contributed by atoms with Gasteiger partial charge in [-0.1, -0.05) is 13.0 Å². The number of amides is 1. The van der Waals surface area contributed by atoms with Crippen LogP contribution >= 0.6 is 0 Å². The van der Waals surface area contributed by atoms with Crippen LogP contribution in [0, 0.1) is 5.92 Å². The van der Waals surface area contributed by atoms with Crippen molar-refractivity contribution in [1.82, 2.24) is 25.1 Å². The third-order valence-corrected chi connectivity index (χ3v) is 3.47. The Kier molecular flexibility index (Phi) is 5.40. The molecule has 2 aromatic rings. The maximum atomic E-state index is 12.7. The number of hydrogen-bond donors (Lipinski definition) is 0. The van der Waals surface area contributed by atoms with Crippen molar-refractivity contribution in [1.29, 1.82) is 0 Å². The fourth-order valence-corrected chi connectivity index (χ4v) is 2.21. The summed E-state index contributed by atoms with van der Waals surface area (Å²) in [6.07, 6.45) is 1.46. The van der Waals surface area contributed by atoms with E-state index in [1.165, 1.54) is 18.1 Å². The van der Waals surface area contributed by atoms with Crippen molar-refractivity contribution in [2.45, 2.75) is 13.8 Å². The van der Waals surface area contributed by atoms with Crippen molar-refractivity contribution in [2.75, 3.05) is 20.2 Å². The summed E-state index contributed by atoms with van der Waals surface area (Å²) < 4.78 is 6.18. The first kappa shape index (κ1) is 16.6. The molecule has 0 N–H and O–H groups in total. The summed E-state index contributed by atoms with van der Waals surface area (Å²) in [5.41, 5.74) is 1.20. The van der Waals surface area contributed by atoms with Gasteiger partial charge in [0.2, 0.25) is 0 Å². The van der Waals surface area contributed by atoms with E-state index in [2.05, 4.69) is 15.5 Å². The van der Waals surface area contributed by atoms with Crippen LogP contribution in [0.25, 0.3) is 5.69 Å². The third-order valence-electron chi connectivity index (χ3n) is 3.47. The molecular weight excluding hydrogens is 298 g/mol. The Morgan fingerprint density at radius 1 is 1.39 bits per heavy atom. The van der Waals surface area contributed by atoms with Crippen LogP contribution in [0.4, 0.5) is 0 Å². The zero-order valence-electron chi connectivity index (χ0n) is 13.3. The molecular formula is C15H19N5O3. The second-order valence-electron chi connectivity index (χ2n) is 5.07. The van der Waals surface area contributed by atoms with Crippen molar-refractivity contribution in [3.05, 3.63) is 36.2 Å². The summed E-state index contributed by atoms with van der Waals surface area (Å²) >= 11 is 0. The molecule has 1 atom stereocenters. The van der Waals surface area contributed by atoms with Gasteiger partial charge in [-0.2, -0.15) is 0 Å². The summed E-state index contributed by atoms with van der Waals surface area (Å²) in [6, 6.07) is 7.01. The predicted octanol–water partition coefficient (Wildman–Crippen LogP) is 0.933. The summed E-state index contributed by atoms with van der Waals surface area (Å²) in [6.45, 7) is 4.40. The van der Waals surface area contributed by atoms with Crippen molar-refractivity contribution in [2.24, 2.45) is 5.92 Å². The van der Waals surface area contributed by atoms with Gasteiger partial charge in [0.1, 0.15) is 6.33 Å². The standard InChI is InChI=1S/C15H19N5O3/c1-4-19(9-11(2)15(22)23-3)14(21)12-6-5-7-13(8-12)20-10-16-17-18-20/h5-8,10-11H,4,9H2,1-3H3/t11-/m0/s1. The molecule has 1 heterocycles. The smallest absolute Gasteiger partial charge is 0.310 e. The number of tetrazole rings is 1. The highest BCUT2D eigenvalue weighted by molar-refractivity contribution is 5.95. The third kappa shape index (κ3) is 3.91. The summed E-state index contributed by atoms with van der Waals surface area (Å²) in [4.78, 5) is 25.8. The maximum absolute atomic E-state index is 12.7. The van der Waals surface area contributed by atoms with E-state index in [9.17, 15) is 9.59 Å². The first-order chi connectivity index (χ1) is 11.1. The van der Waals surface area contributed by atoms with E-state index in [1.807, 2.05) is 6.92 Å². The van der Waals surface area contributed by atoms with E-state index in [1.54, 1.807) is 36.1 Å². The molecule has 0 aliphatic rings. The highest BCUT2D eigenvalue weighted by atomic mass is 16.5. The molecule has 8 nitrogen and oxygen atoms in total. The van der Waals surface area contributed by atoms with E-state index in [0.717, 1.165) is 0 Å². The van der Waals surface area contributed by atoms with E-state index in [-0.39, 0.29) is 17.8 Å². The monoisotopic (exact) mass is 317 g/mol. The number of esters is 1. The van der Waals surface area contributed by atoms with Crippen LogP contribution in [0.5, 0.6) is 0 Å². The molecule has 8 heteroatoms. The number of rotatable bonds is 6. The van der Waals surface area contributed by atoms with E-state index in [4.69, 9.17) is 4.74 Å². The number of carbonyl (C=O) groups is 2. The zero-order chi connectivity index (χ0) is 16.8. The average Bonchev–Trinajstić information content (AvgIpc) is 3.12. The van der Waals surface area contributed by atoms with Crippen molar-refractivity contribution < 1.29 is 14.3 Å². The number of carbonyl (C=O) groups excluding carboxylic acids is 2. The van der Waals surface area contributed by atoms with Gasteiger partial charge in [-0.3, -0.25) is 9.59 Å². The minimum absolute atomic E-state index is 0.154. The van der Waals surface area contributed by atoms with Gasteiger partial charge in [0.15, 0.2) is 0 Å². The van der Waals surface area contributed by atoms with Crippen LogP contribution < -0.4 is 0 Å². The second-order valence-corrected chi connectivity index (χ2v) is 5.07. The van der Waals surface area contributed by atoms with Gasteiger partial charge >= 0.3 is 5.97 Å². The van der Waals surface area contributed by atoms with Gasteiger partial charge in [0.05, 0.1) is 18.7 Å². The van der Waals surface area contributed by atoms with Crippen molar-refractivity contribution in [3.63, 3.8) is 0 Å². The Morgan fingerprint density at radius 3 is 2.78 bits per heavy atom. The lowest BCUT2D eigenvalue weighted by molar-refractivity contribution is -0.145. The lowest BCUT2D eigenvalue weighted by atomic mass is 10.1. The molecule has 0 saturated carbocycles. The van der Waals surface area contributed by atoms with Crippen LogP contribution in [0.1, 0.15) is 24.2 Å². The molecule has 1 aromatic carbocycles. The molecule has 2 rings (SSSR count). The van der Waals surface area contributed by atoms with E-state index >= 15 is 0 Å². The molecule has 0 bridgehead atoms. The largest absolute Gasteiger partial charge is 0.469 e. The number of benzene rings is 1. The van der Waals surface area contributed by atoms with Crippen LogP contribution in [-0.4, -0.2) is 57.2 Å². The summed E-state index contributed by atoms with van der Waals surface area (Å²) in [5, 5.41) is 11.0. The number of hydrogen-bond acceptors (Lipinski definition) is 6. The zero-order valence-corrected chi connectivity index (χ0v) is 13.3. The molecule has 122 valence electrons. The molecule has 0 aliphatic carbocycles. The van der Waals surface area contributed by atoms with Crippen molar-refractivity contribution in [3.8, 4) is 5.69 Å². The molecule has 0 aliphatic heterocycles. The molecule has 23 heavy (non-hydrogen) atoms. The molecule has 1 aromatic heterocycles. The van der Waals surface area contributed by atoms with E-state index in [0.29, 0.717) is 24.3 Å². The van der Waals surface area contributed by atoms with Crippen LogP contribution in [0.15, 0.2) is 30.6 Å². The molecule has 0 radical (unpaired) electrons. The Bertz CT molecular complexity index is 672. The van der Waals surface area contributed by atoms with Gasteiger partial charge < -0.3 is 9.64 Å². The van der Waals surface area contributed by atoms with Gasteiger partial charge in [-0.25, -0.2) is 4.68 Å². The van der Waals surface area contributed by atoms with Crippen LogP contribution in [0.3, 0.4) is 0 Å². The first-order valence-corrected chi connectivity index (χ1v) is 7.27. The highest BCUT2D eigenvalue weighted by Gasteiger charge is 2.21. The van der Waals surface area contributed by atoms with Gasteiger partial charge in [-0.05, 0) is 35.5 Å². The van der Waals surface area contributed by atoms with E-state index < -0.39 is 0 Å². The SMILES string of the molecule is CCN(C[C@H](C)C(=O)OC)C(=O)c1cccc(-n2cnnn2)c1. The number of aromatic nitrogens is 4. The van der Waals surface area contributed by atoms with Gasteiger partial charge in [0.25, 0.3) is 5.91 Å². The first-order valence-electron chi connectivity index (χ1n) is 7.27. The Morgan fingerprint density at radius 2 is 2.17 bits per heavy atom. The highest BCUT2D eigenvalue weighted by Crippen LogP contribution is 2.13. The number of methoxy groups -OCH3 is 1. The van der Waals surface area contributed by atoms with Crippen LogP contribution in [-0.2, 0) is 9.53 Å². The fourth-order valence-electron chi connectivity index (χ4n) is 2.21. The summed E-state index contributed by atoms with van der Waals surface area (Å²) in [5.74, 6) is -0.872. The Labute approximate surface area is 134 Å². The van der Waals surface area contributed by atoms with Gasteiger partial charge in [0, 0.05) is 18.7 Å².